The van der Waals surface area contributed by atoms with E-state index in [0.717, 1.165) is 0 Å². The van der Waals surface area contributed by atoms with Gasteiger partial charge >= 0.3 is 12.1 Å². The van der Waals surface area contributed by atoms with Crippen LogP contribution in [-0.2, 0) is 14.9 Å². The van der Waals surface area contributed by atoms with E-state index in [1.807, 2.05) is 0 Å². The van der Waals surface area contributed by atoms with Crippen LogP contribution in [-0.4, -0.2) is 41.0 Å². The fourth-order valence-corrected chi connectivity index (χ4v) is 2.52. The van der Waals surface area contributed by atoms with Crippen molar-refractivity contribution in [2.45, 2.75) is 37.5 Å². The van der Waals surface area contributed by atoms with Crippen LogP contribution in [0.4, 0.5) is 13.2 Å². The summed E-state index contributed by atoms with van der Waals surface area (Å²) in [5.74, 6) is -1.15. The van der Waals surface area contributed by atoms with Crippen LogP contribution in [0.15, 0.2) is 24.3 Å². The van der Waals surface area contributed by atoms with E-state index in [1.54, 1.807) is 32.0 Å². The van der Waals surface area contributed by atoms with Crippen molar-refractivity contribution in [3.63, 3.8) is 0 Å². The van der Waals surface area contributed by atoms with Gasteiger partial charge in [0.1, 0.15) is 0 Å². The molecule has 0 spiro atoms. The minimum atomic E-state index is -4.44. The Morgan fingerprint density at radius 2 is 1.83 bits per heavy atom. The molecule has 23 heavy (non-hydrogen) atoms. The van der Waals surface area contributed by atoms with E-state index in [0.29, 0.717) is 5.56 Å². The summed E-state index contributed by atoms with van der Waals surface area (Å²) in [6.07, 6.45) is -4.74. The maximum Gasteiger partial charge on any atom is 0.419 e. The molecular weight excluding hydrogens is 317 g/mol. The van der Waals surface area contributed by atoms with E-state index >= 15 is 0 Å². The van der Waals surface area contributed by atoms with Crippen LogP contribution < -0.4 is 0 Å². The van der Waals surface area contributed by atoms with Crippen LogP contribution in [0.3, 0.4) is 0 Å². The molecule has 0 radical (unpaired) electrons. The molecule has 2 rings (SSSR count). The average Bonchev–Trinajstić information content (AvgIpc) is 3.19. The van der Waals surface area contributed by atoms with Crippen LogP contribution in [0, 0.1) is 0 Å². The van der Waals surface area contributed by atoms with E-state index < -0.39 is 23.2 Å². The number of carboxylic acid groups (broad SMARTS) is 2. The van der Waals surface area contributed by atoms with Crippen molar-refractivity contribution >= 4 is 12.4 Å². The van der Waals surface area contributed by atoms with Crippen molar-refractivity contribution in [2.24, 2.45) is 0 Å². The number of rotatable bonds is 4. The lowest BCUT2D eigenvalue weighted by Gasteiger charge is -2.30. The Balaban J connectivity index is 0.000000816. The Labute approximate surface area is 130 Å². The molecule has 1 atom stereocenters. The smallest absolute Gasteiger partial charge is 0.419 e. The quantitative estimate of drug-likeness (QED) is 0.653. The SMILES string of the molecule is CC(C)(CC1(C(F)(F)F)CO1)c1ccccc1C(=O)O.O=CO. The van der Waals surface area contributed by atoms with Crippen molar-refractivity contribution in [1.82, 2.24) is 0 Å². The summed E-state index contributed by atoms with van der Waals surface area (Å²) in [6, 6.07) is 6.12. The second-order valence-corrected chi connectivity index (χ2v) is 5.80. The molecule has 1 saturated heterocycles. The van der Waals surface area contributed by atoms with Crippen molar-refractivity contribution in [3.8, 4) is 0 Å². The highest BCUT2D eigenvalue weighted by atomic mass is 19.4. The Morgan fingerprint density at radius 3 is 2.22 bits per heavy atom. The number of epoxide rings is 1. The molecule has 1 aliphatic heterocycles. The molecular formula is C15H17F3O5. The average molecular weight is 334 g/mol. The molecule has 1 aromatic carbocycles. The van der Waals surface area contributed by atoms with Gasteiger partial charge in [0, 0.05) is 0 Å². The third kappa shape index (κ3) is 4.22. The fourth-order valence-electron chi connectivity index (χ4n) is 2.52. The Morgan fingerprint density at radius 1 is 1.35 bits per heavy atom. The molecule has 1 aromatic rings. The first-order valence-corrected chi connectivity index (χ1v) is 6.62. The Bertz CT molecular complexity index is 577. The monoisotopic (exact) mass is 334 g/mol. The standard InChI is InChI=1S/C14H15F3O3.CH2O2/c1-12(2,7-13(8-20-13)14(15,16)17)10-6-4-3-5-9(10)11(18)19;2-1-3/h3-6H,7-8H2,1-2H3,(H,18,19);1H,(H,2,3). The summed E-state index contributed by atoms with van der Waals surface area (Å²) >= 11 is 0. The molecule has 0 amide bonds. The van der Waals surface area contributed by atoms with E-state index in [9.17, 15) is 18.0 Å². The van der Waals surface area contributed by atoms with E-state index in [1.165, 1.54) is 6.07 Å². The second-order valence-electron chi connectivity index (χ2n) is 5.80. The number of carboxylic acids is 1. The minimum Gasteiger partial charge on any atom is -0.483 e. The van der Waals surface area contributed by atoms with E-state index in [4.69, 9.17) is 15.0 Å². The Kier molecular flexibility index (Phi) is 5.42. The minimum absolute atomic E-state index is 0.0236. The molecule has 1 heterocycles. The summed E-state index contributed by atoms with van der Waals surface area (Å²) in [6.45, 7) is 2.59. The third-order valence-corrected chi connectivity index (χ3v) is 3.62. The van der Waals surface area contributed by atoms with Gasteiger partial charge in [-0.15, -0.1) is 0 Å². The number of hydrogen-bond acceptors (Lipinski definition) is 3. The molecule has 5 nitrogen and oxygen atoms in total. The van der Waals surface area contributed by atoms with Crippen molar-refractivity contribution in [1.29, 1.82) is 0 Å². The molecule has 0 aliphatic carbocycles. The van der Waals surface area contributed by atoms with Gasteiger partial charge in [0.2, 0.25) is 0 Å². The maximum atomic E-state index is 13.0. The highest BCUT2D eigenvalue weighted by Gasteiger charge is 2.67. The molecule has 2 N–H and O–H groups in total. The normalized spacial score (nSPS) is 20.2. The molecule has 1 aliphatic rings. The van der Waals surface area contributed by atoms with Crippen LogP contribution in [0.1, 0.15) is 36.2 Å². The molecule has 0 saturated carbocycles. The first-order valence-electron chi connectivity index (χ1n) is 6.62. The van der Waals surface area contributed by atoms with Crippen LogP contribution in [0.5, 0.6) is 0 Å². The lowest BCUT2D eigenvalue weighted by atomic mass is 9.75. The summed E-state index contributed by atoms with van der Waals surface area (Å²) < 4.78 is 43.5. The van der Waals surface area contributed by atoms with Gasteiger partial charge in [-0.25, -0.2) is 4.79 Å². The zero-order chi connectivity index (χ0) is 17.9. The molecule has 0 bridgehead atoms. The summed E-state index contributed by atoms with van der Waals surface area (Å²) in [7, 11) is 0. The van der Waals surface area contributed by atoms with Gasteiger partial charge < -0.3 is 14.9 Å². The highest BCUT2D eigenvalue weighted by Crippen LogP contribution is 2.51. The number of ether oxygens (including phenoxy) is 1. The lowest BCUT2D eigenvalue weighted by Crippen LogP contribution is -2.39. The van der Waals surface area contributed by atoms with Crippen LogP contribution in [0.25, 0.3) is 0 Å². The van der Waals surface area contributed by atoms with Crippen molar-refractivity contribution < 1.29 is 37.7 Å². The fraction of sp³-hybridized carbons (Fsp3) is 0.467. The van der Waals surface area contributed by atoms with Crippen molar-refractivity contribution in [2.75, 3.05) is 6.61 Å². The highest BCUT2D eigenvalue weighted by molar-refractivity contribution is 5.89. The molecule has 1 fully saturated rings. The van der Waals surface area contributed by atoms with Gasteiger partial charge in [0.25, 0.3) is 6.47 Å². The van der Waals surface area contributed by atoms with E-state index in [2.05, 4.69) is 4.74 Å². The molecule has 128 valence electrons. The predicted octanol–water partition coefficient (Wildman–Crippen LogP) is 3.08. The van der Waals surface area contributed by atoms with Gasteiger partial charge in [-0.3, -0.25) is 4.79 Å². The number of carbonyl (C=O) groups is 2. The third-order valence-electron chi connectivity index (χ3n) is 3.62. The van der Waals surface area contributed by atoms with Crippen LogP contribution >= 0.6 is 0 Å². The van der Waals surface area contributed by atoms with Gasteiger partial charge in [-0.2, -0.15) is 13.2 Å². The first kappa shape index (κ1) is 19.0. The maximum absolute atomic E-state index is 13.0. The lowest BCUT2D eigenvalue weighted by molar-refractivity contribution is -0.188. The van der Waals surface area contributed by atoms with Crippen molar-refractivity contribution in [3.05, 3.63) is 35.4 Å². The molecule has 0 aromatic heterocycles. The number of alkyl halides is 3. The number of aromatic carboxylic acids is 1. The van der Waals surface area contributed by atoms with Gasteiger partial charge in [0.15, 0.2) is 5.60 Å². The molecule has 8 heteroatoms. The van der Waals surface area contributed by atoms with Crippen LogP contribution in [0.2, 0.25) is 0 Å². The second kappa shape index (κ2) is 6.57. The number of halogens is 3. The summed E-state index contributed by atoms with van der Waals surface area (Å²) in [5, 5.41) is 16.0. The summed E-state index contributed by atoms with van der Waals surface area (Å²) in [4.78, 5) is 19.6. The number of benzene rings is 1. The summed E-state index contributed by atoms with van der Waals surface area (Å²) in [5.41, 5.74) is -2.69. The zero-order valence-corrected chi connectivity index (χ0v) is 12.6. The van der Waals surface area contributed by atoms with E-state index in [-0.39, 0.29) is 25.1 Å². The first-order chi connectivity index (χ1) is 10.5. The van der Waals surface area contributed by atoms with Gasteiger partial charge in [-0.1, -0.05) is 32.0 Å². The largest absolute Gasteiger partial charge is 0.483 e. The zero-order valence-electron chi connectivity index (χ0n) is 12.6. The molecule has 1 unspecified atom stereocenters. The number of hydrogen-bond donors (Lipinski definition) is 2. The predicted molar refractivity (Wildman–Crippen MR) is 74.5 cm³/mol. The Hall–Kier alpha value is -2.09. The van der Waals surface area contributed by atoms with Gasteiger partial charge in [-0.05, 0) is 23.5 Å². The topological polar surface area (TPSA) is 87.1 Å². The van der Waals surface area contributed by atoms with Gasteiger partial charge in [0.05, 0.1) is 12.2 Å².